The van der Waals surface area contributed by atoms with Gasteiger partial charge in [0.1, 0.15) is 4.92 Å². The summed E-state index contributed by atoms with van der Waals surface area (Å²) in [6, 6.07) is 12.5. The van der Waals surface area contributed by atoms with Crippen LogP contribution < -0.4 is 5.32 Å². The molecule has 1 saturated heterocycles. The van der Waals surface area contributed by atoms with Crippen LogP contribution in [0.4, 0.5) is 5.88 Å². The van der Waals surface area contributed by atoms with E-state index in [0.717, 1.165) is 18.4 Å². The molecule has 1 aromatic carbocycles. The van der Waals surface area contributed by atoms with Gasteiger partial charge < -0.3 is 14.5 Å². The maximum atomic E-state index is 12.2. The molecule has 0 unspecified atom stereocenters. The Hall–Kier alpha value is -2.67. The Balaban J connectivity index is 1.73. The Morgan fingerprint density at radius 1 is 1.17 bits per heavy atom. The SMILES string of the molecule is O=C(NCC1(c2ccccc2)CCOCC1)c1ccc([N+](=O)[O-])o1. The van der Waals surface area contributed by atoms with Crippen LogP contribution in [0.15, 0.2) is 46.9 Å². The van der Waals surface area contributed by atoms with Crippen molar-refractivity contribution >= 4 is 11.8 Å². The first kappa shape index (κ1) is 16.2. The lowest BCUT2D eigenvalue weighted by molar-refractivity contribution is -0.402. The van der Waals surface area contributed by atoms with Gasteiger partial charge in [0, 0.05) is 25.2 Å². The Labute approximate surface area is 138 Å². The third kappa shape index (κ3) is 3.30. The molecule has 0 radical (unpaired) electrons. The molecule has 1 aromatic heterocycles. The van der Waals surface area contributed by atoms with Crippen LogP contribution in [0.1, 0.15) is 29.0 Å². The van der Waals surface area contributed by atoms with Crippen LogP contribution in [0.3, 0.4) is 0 Å². The van der Waals surface area contributed by atoms with Gasteiger partial charge >= 0.3 is 5.88 Å². The third-order valence-corrected chi connectivity index (χ3v) is 4.42. The predicted octanol–water partition coefficient (Wildman–Crippen LogP) is 2.67. The number of nitro groups is 1. The zero-order chi connectivity index (χ0) is 17.0. The van der Waals surface area contributed by atoms with E-state index in [4.69, 9.17) is 9.15 Å². The lowest BCUT2D eigenvalue weighted by atomic mass is 9.74. The topological polar surface area (TPSA) is 94.6 Å². The molecule has 1 fully saturated rings. The maximum absolute atomic E-state index is 12.2. The van der Waals surface area contributed by atoms with Gasteiger partial charge in [-0.3, -0.25) is 14.9 Å². The van der Waals surface area contributed by atoms with Crippen LogP contribution in [0.5, 0.6) is 0 Å². The number of hydrogen-bond acceptors (Lipinski definition) is 5. The van der Waals surface area contributed by atoms with Gasteiger partial charge in [-0.1, -0.05) is 30.3 Å². The minimum absolute atomic E-state index is 0.0584. The molecule has 1 amide bonds. The number of nitrogens with one attached hydrogen (secondary N) is 1. The molecule has 0 atom stereocenters. The first-order valence-corrected chi connectivity index (χ1v) is 7.76. The number of carbonyl (C=O) groups is 1. The van der Waals surface area contributed by atoms with Gasteiger partial charge in [-0.2, -0.15) is 0 Å². The molecule has 2 heterocycles. The lowest BCUT2D eigenvalue weighted by Gasteiger charge is -2.37. The summed E-state index contributed by atoms with van der Waals surface area (Å²) in [6.45, 7) is 1.70. The van der Waals surface area contributed by atoms with E-state index in [2.05, 4.69) is 17.4 Å². The van der Waals surface area contributed by atoms with E-state index >= 15 is 0 Å². The fourth-order valence-electron chi connectivity index (χ4n) is 3.01. The summed E-state index contributed by atoms with van der Waals surface area (Å²) in [5.74, 6) is -0.953. The molecule has 0 aliphatic carbocycles. The van der Waals surface area contributed by atoms with Crippen LogP contribution >= 0.6 is 0 Å². The number of furan rings is 1. The van der Waals surface area contributed by atoms with Gasteiger partial charge in [-0.15, -0.1) is 0 Å². The van der Waals surface area contributed by atoms with Crippen LogP contribution in [-0.4, -0.2) is 30.6 Å². The van der Waals surface area contributed by atoms with Crippen molar-refractivity contribution in [2.45, 2.75) is 18.3 Å². The van der Waals surface area contributed by atoms with Crippen molar-refractivity contribution in [3.8, 4) is 0 Å². The molecule has 0 saturated carbocycles. The molecule has 1 N–H and O–H groups in total. The second-order valence-corrected chi connectivity index (χ2v) is 5.84. The molecule has 1 aliphatic rings. The quantitative estimate of drug-likeness (QED) is 0.672. The van der Waals surface area contributed by atoms with Crippen LogP contribution in [0.2, 0.25) is 0 Å². The summed E-state index contributed by atoms with van der Waals surface area (Å²) in [4.78, 5) is 22.2. The predicted molar refractivity (Wildman–Crippen MR) is 85.9 cm³/mol. The van der Waals surface area contributed by atoms with E-state index in [1.54, 1.807) is 0 Å². The average Bonchev–Trinajstić information content (AvgIpc) is 3.12. The summed E-state index contributed by atoms with van der Waals surface area (Å²) >= 11 is 0. The van der Waals surface area contributed by atoms with Crippen LogP contribution in [0.25, 0.3) is 0 Å². The van der Waals surface area contributed by atoms with Gasteiger partial charge in [-0.05, 0) is 24.5 Å². The number of ether oxygens (including phenoxy) is 1. The van der Waals surface area contributed by atoms with Crippen molar-refractivity contribution in [2.24, 2.45) is 0 Å². The van der Waals surface area contributed by atoms with Crippen LogP contribution in [-0.2, 0) is 10.2 Å². The molecule has 2 aromatic rings. The summed E-state index contributed by atoms with van der Waals surface area (Å²) in [6.07, 6.45) is 1.60. The number of nitrogens with zero attached hydrogens (tertiary/aromatic N) is 1. The Morgan fingerprint density at radius 3 is 2.50 bits per heavy atom. The van der Waals surface area contributed by atoms with E-state index in [9.17, 15) is 14.9 Å². The monoisotopic (exact) mass is 330 g/mol. The molecule has 3 rings (SSSR count). The summed E-state index contributed by atoms with van der Waals surface area (Å²) in [5.41, 5.74) is 0.951. The standard InChI is InChI=1S/C17H18N2O5/c20-16(14-6-7-15(24-14)19(21)22)18-12-17(8-10-23-11-9-17)13-4-2-1-3-5-13/h1-7H,8-12H2,(H,18,20). The van der Waals surface area contributed by atoms with Crippen molar-refractivity contribution in [2.75, 3.05) is 19.8 Å². The van der Waals surface area contributed by atoms with E-state index < -0.39 is 16.7 Å². The van der Waals surface area contributed by atoms with Crippen molar-refractivity contribution in [1.29, 1.82) is 0 Å². The average molecular weight is 330 g/mol. The molecular formula is C17H18N2O5. The molecule has 7 nitrogen and oxygen atoms in total. The Kier molecular flexibility index (Phi) is 4.61. The number of benzene rings is 1. The highest BCUT2D eigenvalue weighted by atomic mass is 16.6. The number of carbonyl (C=O) groups excluding carboxylic acids is 1. The second kappa shape index (κ2) is 6.84. The molecule has 1 aliphatic heterocycles. The normalized spacial score (nSPS) is 16.5. The first-order chi connectivity index (χ1) is 11.6. The maximum Gasteiger partial charge on any atom is 0.433 e. The van der Waals surface area contributed by atoms with Crippen molar-refractivity contribution in [1.82, 2.24) is 5.32 Å². The minimum Gasteiger partial charge on any atom is -0.395 e. The molecule has 7 heteroatoms. The number of amides is 1. The smallest absolute Gasteiger partial charge is 0.395 e. The molecule has 0 bridgehead atoms. The second-order valence-electron chi connectivity index (χ2n) is 5.84. The molecular weight excluding hydrogens is 312 g/mol. The third-order valence-electron chi connectivity index (χ3n) is 4.42. The highest BCUT2D eigenvalue weighted by molar-refractivity contribution is 5.91. The van der Waals surface area contributed by atoms with Gasteiger partial charge in [0.2, 0.25) is 0 Å². The summed E-state index contributed by atoms with van der Waals surface area (Å²) in [7, 11) is 0. The highest BCUT2D eigenvalue weighted by Gasteiger charge is 2.35. The highest BCUT2D eigenvalue weighted by Crippen LogP contribution is 2.34. The Bertz CT molecular complexity index is 720. The molecule has 0 spiro atoms. The fourth-order valence-corrected chi connectivity index (χ4v) is 3.01. The van der Waals surface area contributed by atoms with E-state index in [1.807, 2.05) is 18.2 Å². The van der Waals surface area contributed by atoms with Gasteiger partial charge in [-0.25, -0.2) is 0 Å². The van der Waals surface area contributed by atoms with E-state index in [1.165, 1.54) is 12.1 Å². The first-order valence-electron chi connectivity index (χ1n) is 7.76. The minimum atomic E-state index is -0.666. The Morgan fingerprint density at radius 2 is 1.88 bits per heavy atom. The lowest BCUT2D eigenvalue weighted by Crippen LogP contribution is -2.44. The number of hydrogen-bond donors (Lipinski definition) is 1. The van der Waals surface area contributed by atoms with Gasteiger partial charge in [0.25, 0.3) is 5.91 Å². The fraction of sp³-hybridized carbons (Fsp3) is 0.353. The largest absolute Gasteiger partial charge is 0.433 e. The zero-order valence-corrected chi connectivity index (χ0v) is 13.1. The molecule has 126 valence electrons. The zero-order valence-electron chi connectivity index (χ0n) is 13.1. The summed E-state index contributed by atoms with van der Waals surface area (Å²) in [5, 5.41) is 13.5. The molecule has 24 heavy (non-hydrogen) atoms. The summed E-state index contributed by atoms with van der Waals surface area (Å²) < 4.78 is 10.4. The van der Waals surface area contributed by atoms with E-state index in [0.29, 0.717) is 19.8 Å². The van der Waals surface area contributed by atoms with Crippen LogP contribution in [0, 0.1) is 10.1 Å². The van der Waals surface area contributed by atoms with Crippen molar-refractivity contribution < 1.29 is 18.9 Å². The van der Waals surface area contributed by atoms with Gasteiger partial charge in [0.15, 0.2) is 5.76 Å². The van der Waals surface area contributed by atoms with Crippen molar-refractivity contribution in [3.63, 3.8) is 0 Å². The van der Waals surface area contributed by atoms with Gasteiger partial charge in [0.05, 0.1) is 6.07 Å². The van der Waals surface area contributed by atoms with E-state index in [-0.39, 0.29) is 11.2 Å². The van der Waals surface area contributed by atoms with Crippen molar-refractivity contribution in [3.05, 3.63) is 63.9 Å². The number of rotatable bonds is 5.